The molecule has 0 aliphatic heterocycles. The molecule has 0 aliphatic carbocycles. The monoisotopic (exact) mass is 960 g/mol. The van der Waals surface area contributed by atoms with Crippen LogP contribution >= 0.6 is 81.2 Å². The molecule has 8 rings (SSSR count). The molecule has 0 radical (unpaired) electrons. The number of rotatable bonds is 10. The van der Waals surface area contributed by atoms with Crippen molar-refractivity contribution in [1.29, 1.82) is 0 Å². The topological polar surface area (TPSA) is 102 Å². The van der Waals surface area contributed by atoms with Gasteiger partial charge >= 0.3 is 0 Å². The van der Waals surface area contributed by atoms with E-state index in [1.807, 2.05) is 54.0 Å². The van der Waals surface area contributed by atoms with E-state index in [-0.39, 0.29) is 21.4 Å². The lowest BCUT2D eigenvalue weighted by Crippen LogP contribution is -2.23. The number of halogens is 7. The molecular weight excluding hydrogens is 933 g/mol. The lowest BCUT2D eigenvalue weighted by Gasteiger charge is -2.08. The molecule has 0 saturated heterocycles. The Kier molecular flexibility index (Phi) is 14.0. The number of aromatic nitrogens is 2. The van der Waals surface area contributed by atoms with Crippen molar-refractivity contribution in [2.75, 3.05) is 10.6 Å². The fraction of sp³-hybridized carbons (Fsp3) is 0.0638. The van der Waals surface area contributed by atoms with Crippen molar-refractivity contribution in [2.45, 2.75) is 20.0 Å². The van der Waals surface area contributed by atoms with Gasteiger partial charge in [0.15, 0.2) is 0 Å². The predicted octanol–water partition coefficient (Wildman–Crippen LogP) is 13.9. The zero-order valence-electron chi connectivity index (χ0n) is 32.3. The van der Waals surface area contributed by atoms with Gasteiger partial charge in [-0.25, -0.2) is 0 Å². The summed E-state index contributed by atoms with van der Waals surface area (Å²) in [6.45, 7) is 2.74. The molecule has 8 nitrogen and oxygen atoms in total. The zero-order valence-corrected chi connectivity index (χ0v) is 37.6. The van der Waals surface area contributed by atoms with Crippen molar-refractivity contribution in [1.82, 2.24) is 9.13 Å². The van der Waals surface area contributed by atoms with Gasteiger partial charge in [-0.15, -0.1) is 0 Å². The van der Waals surface area contributed by atoms with Crippen LogP contribution in [0.1, 0.15) is 37.4 Å². The van der Waals surface area contributed by atoms with E-state index < -0.39 is 23.4 Å². The second kappa shape index (κ2) is 19.4. The summed E-state index contributed by atoms with van der Waals surface area (Å²) in [7, 11) is 0. The van der Waals surface area contributed by atoms with E-state index in [0.717, 1.165) is 22.2 Å². The van der Waals surface area contributed by atoms with Crippen LogP contribution in [-0.4, -0.2) is 32.5 Å². The van der Waals surface area contributed by atoms with Gasteiger partial charge in [0.25, 0.3) is 23.4 Å². The van der Waals surface area contributed by atoms with Gasteiger partial charge in [0.1, 0.15) is 10.3 Å². The molecule has 0 fully saturated rings. The van der Waals surface area contributed by atoms with Gasteiger partial charge in [-0.3, -0.25) is 19.2 Å². The molecule has 2 aromatic heterocycles. The molecule has 0 saturated carbocycles. The second-order valence-corrected chi connectivity index (χ2v) is 16.9. The van der Waals surface area contributed by atoms with Crippen LogP contribution in [0, 0.1) is 6.92 Å². The number of anilines is 2. The third-order valence-electron chi connectivity index (χ3n) is 9.70. The Labute approximate surface area is 390 Å². The summed E-state index contributed by atoms with van der Waals surface area (Å²) < 4.78 is 3.58. The van der Waals surface area contributed by atoms with Crippen molar-refractivity contribution in [3.63, 3.8) is 0 Å². The number of amides is 2. The molecule has 8 aromatic rings. The summed E-state index contributed by atoms with van der Waals surface area (Å²) in [5.41, 5.74) is 5.51. The standard InChI is InChI=1S/C24H17Cl3N2O2.C23H14Cl4N2O2/c1-14-2-11-20-19(12-14)21(22(30)24(31)28-18-9-7-17(26)8-10-18)23(27)29(20)13-15-3-5-16(25)6-4-15;24-14-3-1-13(2-4-14)12-29-19-10-7-16(26)11-18(19)20(22(29)27)21(30)23(31)28-17-8-5-15(25)6-9-17/h2-12H,13H2,1H3,(H,28,31);1-11H,12H2,(H,28,31). The van der Waals surface area contributed by atoms with Crippen LogP contribution in [0.15, 0.2) is 133 Å². The maximum Gasteiger partial charge on any atom is 0.296 e. The first-order chi connectivity index (χ1) is 29.7. The minimum absolute atomic E-state index is 0.0968. The van der Waals surface area contributed by atoms with Crippen LogP contribution in [-0.2, 0) is 22.7 Å². The largest absolute Gasteiger partial charge is 0.327 e. The van der Waals surface area contributed by atoms with E-state index >= 15 is 0 Å². The summed E-state index contributed by atoms with van der Waals surface area (Å²) in [5.74, 6) is -3.04. The third kappa shape index (κ3) is 10.1. The average molecular weight is 964 g/mol. The Balaban J connectivity index is 0.000000186. The Morgan fingerprint density at radius 2 is 0.774 bits per heavy atom. The van der Waals surface area contributed by atoms with Crippen LogP contribution < -0.4 is 10.6 Å². The molecule has 0 aliphatic rings. The molecule has 62 heavy (non-hydrogen) atoms. The molecule has 6 aromatic carbocycles. The summed E-state index contributed by atoms with van der Waals surface area (Å²) in [5, 5.41) is 9.44. The SMILES string of the molecule is Cc1ccc2c(c1)c(C(=O)C(=O)Nc1ccc(Cl)cc1)c(Cl)n2Cc1ccc(Cl)cc1.O=C(Nc1ccc(Cl)cc1)C(=O)c1c(Cl)n(Cc2ccc(Cl)cc2)c2ccc(Cl)cc12. The molecule has 15 heteroatoms. The fourth-order valence-electron chi connectivity index (χ4n) is 6.69. The van der Waals surface area contributed by atoms with Crippen molar-refractivity contribution >= 4 is 138 Å². The lowest BCUT2D eigenvalue weighted by atomic mass is 10.1. The van der Waals surface area contributed by atoms with Crippen molar-refractivity contribution in [3.8, 4) is 0 Å². The predicted molar refractivity (Wildman–Crippen MR) is 254 cm³/mol. The highest BCUT2D eigenvalue weighted by Crippen LogP contribution is 2.35. The number of hydrogen-bond acceptors (Lipinski definition) is 4. The van der Waals surface area contributed by atoms with Crippen molar-refractivity contribution in [2.24, 2.45) is 0 Å². The normalized spacial score (nSPS) is 11.0. The second-order valence-electron chi connectivity index (χ2n) is 14.0. The van der Waals surface area contributed by atoms with E-state index in [0.29, 0.717) is 65.9 Å². The van der Waals surface area contributed by atoms with Gasteiger partial charge < -0.3 is 19.8 Å². The van der Waals surface area contributed by atoms with E-state index in [9.17, 15) is 19.2 Å². The van der Waals surface area contributed by atoms with Crippen LogP contribution in [0.4, 0.5) is 11.4 Å². The van der Waals surface area contributed by atoms with Crippen LogP contribution in [0.2, 0.25) is 35.4 Å². The first-order valence-electron chi connectivity index (χ1n) is 18.6. The maximum absolute atomic E-state index is 13.1. The Morgan fingerprint density at radius 3 is 1.18 bits per heavy atom. The van der Waals surface area contributed by atoms with E-state index in [1.54, 1.807) is 95.6 Å². The Bertz CT molecular complexity index is 2790. The molecular formula is C47H31Cl7N4O4. The highest BCUT2D eigenvalue weighted by Gasteiger charge is 2.28. The quantitative estimate of drug-likeness (QED) is 0.105. The third-order valence-corrected chi connectivity index (χ3v) is 11.7. The van der Waals surface area contributed by atoms with Gasteiger partial charge in [-0.1, -0.05) is 117 Å². The Hall–Kier alpha value is -5.29. The van der Waals surface area contributed by atoms with Crippen LogP contribution in [0.3, 0.4) is 0 Å². The highest BCUT2D eigenvalue weighted by atomic mass is 35.5. The van der Waals surface area contributed by atoms with E-state index in [4.69, 9.17) is 81.2 Å². The zero-order chi connectivity index (χ0) is 44.2. The van der Waals surface area contributed by atoms with Crippen LogP contribution in [0.25, 0.3) is 21.8 Å². The minimum atomic E-state index is -0.810. The number of carbonyl (C=O) groups excluding carboxylic acids is 4. The molecule has 312 valence electrons. The van der Waals surface area contributed by atoms with Gasteiger partial charge in [-0.05, 0) is 121 Å². The summed E-state index contributed by atoms with van der Waals surface area (Å²) in [6, 6.07) is 38.5. The number of ketones is 2. The molecule has 0 atom stereocenters. The van der Waals surface area contributed by atoms with Gasteiger partial charge in [0, 0.05) is 60.3 Å². The number of benzene rings is 6. The number of nitrogens with one attached hydrogen (secondary N) is 2. The smallest absolute Gasteiger partial charge is 0.296 e. The van der Waals surface area contributed by atoms with Gasteiger partial charge in [-0.2, -0.15) is 0 Å². The molecule has 0 unspecified atom stereocenters. The average Bonchev–Trinajstić information content (AvgIpc) is 3.67. The maximum atomic E-state index is 13.1. The summed E-state index contributed by atoms with van der Waals surface area (Å²) in [6.07, 6.45) is 0. The Morgan fingerprint density at radius 1 is 0.435 bits per heavy atom. The number of Topliss-reactive ketones (excluding diaryl/α,β-unsaturated/α-hetero) is 2. The highest BCUT2D eigenvalue weighted by molar-refractivity contribution is 6.53. The molecule has 2 N–H and O–H groups in total. The van der Waals surface area contributed by atoms with Gasteiger partial charge in [0.05, 0.1) is 22.2 Å². The lowest BCUT2D eigenvalue weighted by molar-refractivity contribution is -0.113. The first kappa shape index (κ1) is 44.8. The number of carbonyl (C=O) groups is 4. The van der Waals surface area contributed by atoms with Crippen LogP contribution in [0.5, 0.6) is 0 Å². The fourth-order valence-corrected chi connectivity index (χ4v) is 8.04. The first-order valence-corrected chi connectivity index (χ1v) is 21.3. The van der Waals surface area contributed by atoms with Crippen molar-refractivity contribution < 1.29 is 19.2 Å². The molecule has 0 bridgehead atoms. The summed E-state index contributed by atoms with van der Waals surface area (Å²) in [4.78, 5) is 51.6. The number of nitrogens with zero attached hydrogens (tertiary/aromatic N) is 2. The number of hydrogen-bond donors (Lipinski definition) is 2. The molecule has 2 amide bonds. The van der Waals surface area contributed by atoms with E-state index in [2.05, 4.69) is 10.6 Å². The summed E-state index contributed by atoms with van der Waals surface area (Å²) >= 11 is 43.2. The minimum Gasteiger partial charge on any atom is -0.327 e. The van der Waals surface area contributed by atoms with Gasteiger partial charge in [0.2, 0.25) is 0 Å². The molecule has 2 heterocycles. The number of fused-ring (bicyclic) bond motifs is 2. The van der Waals surface area contributed by atoms with Crippen molar-refractivity contribution in [3.05, 3.63) is 197 Å². The number of aryl methyl sites for hydroxylation is 1. The van der Waals surface area contributed by atoms with E-state index in [1.165, 1.54) is 0 Å². The molecule has 0 spiro atoms.